The zero-order valence-electron chi connectivity index (χ0n) is 29.6. The number of primary amides is 1. The summed E-state index contributed by atoms with van der Waals surface area (Å²) in [7, 11) is 0. The lowest BCUT2D eigenvalue weighted by atomic mass is 9.97. The second-order valence-corrected chi connectivity index (χ2v) is 13.0. The van der Waals surface area contributed by atoms with E-state index in [4.69, 9.17) is 24.7 Å². The predicted octanol–water partition coefficient (Wildman–Crippen LogP) is 1.19. The molecule has 278 valence electrons. The van der Waals surface area contributed by atoms with Crippen molar-refractivity contribution >= 4 is 41.3 Å². The van der Waals surface area contributed by atoms with Crippen LogP contribution in [0.3, 0.4) is 0 Å². The Labute approximate surface area is 293 Å². The second-order valence-electron chi connectivity index (χ2n) is 13.0. The van der Waals surface area contributed by atoms with Gasteiger partial charge in [-0.25, -0.2) is 4.79 Å². The molecular formula is C34H52N6O10. The second kappa shape index (κ2) is 21.5. The number of carbonyl (C=O) groups is 6. The van der Waals surface area contributed by atoms with Gasteiger partial charge in [-0.3, -0.25) is 24.0 Å². The van der Waals surface area contributed by atoms with E-state index in [0.717, 1.165) is 5.56 Å². The molecule has 0 saturated carbocycles. The number of esters is 1. The van der Waals surface area contributed by atoms with Crippen molar-refractivity contribution in [1.29, 1.82) is 0 Å². The number of urea groups is 1. The van der Waals surface area contributed by atoms with Crippen LogP contribution in [0.5, 0.6) is 0 Å². The van der Waals surface area contributed by atoms with Crippen LogP contribution in [0.25, 0.3) is 0 Å². The van der Waals surface area contributed by atoms with Gasteiger partial charge in [-0.1, -0.05) is 32.1 Å². The van der Waals surface area contributed by atoms with Crippen molar-refractivity contribution < 1.29 is 47.7 Å². The van der Waals surface area contributed by atoms with Gasteiger partial charge in [0.2, 0.25) is 23.6 Å². The van der Waals surface area contributed by atoms with Gasteiger partial charge in [0.1, 0.15) is 32.0 Å². The molecule has 16 heteroatoms. The van der Waals surface area contributed by atoms with Crippen LogP contribution in [0.2, 0.25) is 0 Å². The van der Waals surface area contributed by atoms with E-state index in [9.17, 15) is 28.8 Å². The normalized spacial score (nSPS) is 14.4. The first-order valence-electron chi connectivity index (χ1n) is 16.6. The third kappa shape index (κ3) is 16.2. The van der Waals surface area contributed by atoms with Crippen molar-refractivity contribution in [3.63, 3.8) is 0 Å². The smallest absolute Gasteiger partial charge is 0.312 e. The molecule has 0 aromatic heterocycles. The molecule has 0 radical (unpaired) electrons. The Kier molecular flexibility index (Phi) is 17.9. The fourth-order valence-electron chi connectivity index (χ4n) is 4.36. The van der Waals surface area contributed by atoms with Gasteiger partial charge in [-0.15, -0.1) is 0 Å². The largest absolute Gasteiger partial charge is 0.460 e. The molecule has 0 unspecified atom stereocenters. The van der Waals surface area contributed by atoms with E-state index in [0.29, 0.717) is 25.3 Å². The average molecular weight is 705 g/mol. The molecule has 1 heterocycles. The SMILES string of the molecule is CC(C)[C@H](NC(=O)COCCOCCN1COCC=CC1=O)C(=O)N[C@@H](CCCNC(N)=O)C(=O)Nc1ccc(COC(=O)C(C)(C)C)cc1. The summed E-state index contributed by atoms with van der Waals surface area (Å²) in [5.74, 6) is -2.43. The van der Waals surface area contributed by atoms with E-state index in [1.165, 1.54) is 11.0 Å². The number of benzene rings is 1. The van der Waals surface area contributed by atoms with Crippen molar-refractivity contribution in [1.82, 2.24) is 20.9 Å². The quantitative estimate of drug-likeness (QED) is 0.0965. The van der Waals surface area contributed by atoms with Gasteiger partial charge in [-0.2, -0.15) is 0 Å². The molecule has 0 aliphatic carbocycles. The van der Waals surface area contributed by atoms with Gasteiger partial charge in [0, 0.05) is 24.9 Å². The van der Waals surface area contributed by atoms with Crippen molar-refractivity contribution in [3.8, 4) is 0 Å². The third-order valence-electron chi connectivity index (χ3n) is 7.22. The molecule has 0 fully saturated rings. The monoisotopic (exact) mass is 704 g/mol. The molecule has 0 bridgehead atoms. The number of nitrogens with one attached hydrogen (secondary N) is 4. The zero-order chi connectivity index (χ0) is 37.1. The summed E-state index contributed by atoms with van der Waals surface area (Å²) >= 11 is 0. The maximum Gasteiger partial charge on any atom is 0.312 e. The Morgan fingerprint density at radius 2 is 1.68 bits per heavy atom. The fourth-order valence-corrected chi connectivity index (χ4v) is 4.36. The summed E-state index contributed by atoms with van der Waals surface area (Å²) < 4.78 is 21.5. The van der Waals surface area contributed by atoms with Crippen molar-refractivity contribution in [2.45, 2.75) is 66.2 Å². The molecule has 6 N–H and O–H groups in total. The number of nitrogens with zero attached hydrogens (tertiary/aromatic N) is 1. The highest BCUT2D eigenvalue weighted by Gasteiger charge is 2.29. The van der Waals surface area contributed by atoms with E-state index in [1.54, 1.807) is 65.0 Å². The summed E-state index contributed by atoms with van der Waals surface area (Å²) in [6.07, 6.45) is 3.59. The first-order valence-corrected chi connectivity index (χ1v) is 16.6. The summed E-state index contributed by atoms with van der Waals surface area (Å²) in [5.41, 5.74) is 5.69. The third-order valence-corrected chi connectivity index (χ3v) is 7.22. The van der Waals surface area contributed by atoms with Crippen LogP contribution < -0.4 is 27.0 Å². The van der Waals surface area contributed by atoms with Gasteiger partial charge in [0.15, 0.2) is 0 Å². The lowest BCUT2D eigenvalue weighted by Crippen LogP contribution is -2.55. The van der Waals surface area contributed by atoms with Crippen molar-refractivity contribution in [3.05, 3.63) is 42.0 Å². The average Bonchev–Trinajstić information content (AvgIpc) is 3.26. The number of rotatable bonds is 20. The Morgan fingerprint density at radius 1 is 0.980 bits per heavy atom. The van der Waals surface area contributed by atoms with Gasteiger partial charge in [-0.05, 0) is 57.2 Å². The fraction of sp³-hybridized carbons (Fsp3) is 0.588. The highest BCUT2D eigenvalue weighted by molar-refractivity contribution is 5.98. The van der Waals surface area contributed by atoms with Crippen molar-refractivity contribution in [2.75, 3.05) is 58.2 Å². The van der Waals surface area contributed by atoms with E-state index in [1.807, 2.05) is 0 Å². The first-order chi connectivity index (χ1) is 23.7. The minimum absolute atomic E-state index is 0.0768. The van der Waals surface area contributed by atoms with E-state index < -0.39 is 41.3 Å². The van der Waals surface area contributed by atoms with Gasteiger partial charge in [0.25, 0.3) is 0 Å². The van der Waals surface area contributed by atoms with Crippen LogP contribution in [0.4, 0.5) is 10.5 Å². The van der Waals surface area contributed by atoms with Crippen LogP contribution in [0.1, 0.15) is 53.0 Å². The van der Waals surface area contributed by atoms with Gasteiger partial charge >= 0.3 is 12.0 Å². The van der Waals surface area contributed by atoms with Gasteiger partial charge in [0.05, 0.1) is 31.8 Å². The minimum atomic E-state index is -1.01. The van der Waals surface area contributed by atoms with Crippen LogP contribution >= 0.6 is 0 Å². The molecule has 1 aromatic rings. The van der Waals surface area contributed by atoms with Crippen LogP contribution in [0, 0.1) is 11.3 Å². The maximum absolute atomic E-state index is 13.4. The van der Waals surface area contributed by atoms with E-state index >= 15 is 0 Å². The Bertz CT molecular complexity index is 1310. The van der Waals surface area contributed by atoms with E-state index in [2.05, 4.69) is 21.3 Å². The summed E-state index contributed by atoms with van der Waals surface area (Å²) in [6, 6.07) is 4.02. The molecule has 2 atom stereocenters. The highest BCUT2D eigenvalue weighted by atomic mass is 16.5. The molecule has 6 amide bonds. The van der Waals surface area contributed by atoms with Gasteiger partial charge < -0.3 is 50.8 Å². The van der Waals surface area contributed by atoms with Crippen LogP contribution in [-0.4, -0.2) is 105 Å². The molecule has 1 aliphatic heterocycles. The predicted molar refractivity (Wildman–Crippen MR) is 183 cm³/mol. The lowest BCUT2D eigenvalue weighted by Gasteiger charge is -2.25. The number of ether oxygens (including phenoxy) is 4. The van der Waals surface area contributed by atoms with E-state index in [-0.39, 0.29) is 70.5 Å². The minimum Gasteiger partial charge on any atom is -0.460 e. The van der Waals surface area contributed by atoms with Crippen LogP contribution in [-0.2, 0) is 49.5 Å². The topological polar surface area (TPSA) is 217 Å². The number of hydrogen-bond donors (Lipinski definition) is 5. The lowest BCUT2D eigenvalue weighted by molar-refractivity contribution is -0.154. The van der Waals surface area contributed by atoms with Crippen LogP contribution in [0.15, 0.2) is 36.4 Å². The number of anilines is 1. The molecule has 1 aromatic carbocycles. The molecule has 2 rings (SSSR count). The summed E-state index contributed by atoms with van der Waals surface area (Å²) in [5, 5.41) is 10.6. The molecule has 0 saturated heterocycles. The standard InChI is InChI=1S/C34H52N6O10/c1-23(2)29(39-27(41)21-48-19-18-47-17-15-40-22-49-16-7-9-28(40)42)31(44)38-26(8-6-14-36-33(35)46)30(43)37-25-12-10-24(11-13-25)20-50-32(45)34(3,4)5/h7,9-13,23,26,29H,6,8,14-22H2,1-5H3,(H,37,43)(H,38,44)(H,39,41)(H3,35,36,46)/t26-,29-/m0/s1. The molecule has 1 aliphatic rings. The Balaban J connectivity index is 1.88. The zero-order valence-corrected chi connectivity index (χ0v) is 29.6. The molecule has 16 nitrogen and oxygen atoms in total. The summed E-state index contributed by atoms with van der Waals surface area (Å²) in [6.45, 7) is 10.2. The Morgan fingerprint density at radius 3 is 2.34 bits per heavy atom. The number of amides is 6. The number of hydrogen-bond acceptors (Lipinski definition) is 10. The molecular weight excluding hydrogens is 652 g/mol. The number of carbonyl (C=O) groups excluding carboxylic acids is 6. The highest BCUT2D eigenvalue weighted by Crippen LogP contribution is 2.18. The van der Waals surface area contributed by atoms with Crippen molar-refractivity contribution in [2.24, 2.45) is 17.1 Å². The maximum atomic E-state index is 13.4. The number of nitrogens with two attached hydrogens (primary N) is 1. The first kappa shape index (κ1) is 41.6. The Hall–Kier alpha value is -4.54. The molecule has 0 spiro atoms. The molecule has 50 heavy (non-hydrogen) atoms. The summed E-state index contributed by atoms with van der Waals surface area (Å²) in [4.78, 5) is 75.9.